The number of ether oxygens (including phenoxy) is 2. The summed E-state index contributed by atoms with van der Waals surface area (Å²) in [6.45, 7) is 4.55. The molecule has 2 aromatic heterocycles. The van der Waals surface area contributed by atoms with Crippen LogP contribution in [-0.2, 0) is 27.5 Å². The smallest absolute Gasteiger partial charge is 0.436 e. The summed E-state index contributed by atoms with van der Waals surface area (Å²) in [5.74, 6) is -3.46. The summed E-state index contributed by atoms with van der Waals surface area (Å²) < 4.78 is 52.0. The van der Waals surface area contributed by atoms with E-state index in [0.717, 1.165) is 4.68 Å². The number of aromatic amines is 1. The van der Waals surface area contributed by atoms with E-state index in [1.54, 1.807) is 24.3 Å². The van der Waals surface area contributed by atoms with Crippen LogP contribution in [0.3, 0.4) is 0 Å². The molecule has 2 amide bonds. The van der Waals surface area contributed by atoms with Gasteiger partial charge in [-0.05, 0) is 63.3 Å². The molecule has 0 aliphatic carbocycles. The zero-order chi connectivity index (χ0) is 35.3. The lowest BCUT2D eigenvalue weighted by atomic mass is 9.89. The summed E-state index contributed by atoms with van der Waals surface area (Å²) in [6.07, 6.45) is -4.57. The van der Waals surface area contributed by atoms with Crippen LogP contribution in [0.1, 0.15) is 71.8 Å². The van der Waals surface area contributed by atoms with Gasteiger partial charge in [0.2, 0.25) is 5.91 Å². The second-order valence-corrected chi connectivity index (χ2v) is 12.3. The number of aliphatic hydroxyl groups excluding tert-OH is 1. The Hall–Kier alpha value is -4.44. The van der Waals surface area contributed by atoms with Crippen molar-refractivity contribution in [2.24, 2.45) is 18.9 Å². The van der Waals surface area contributed by atoms with E-state index in [9.17, 15) is 37.5 Å². The number of aliphatic hydroxyl groups is 1. The van der Waals surface area contributed by atoms with Gasteiger partial charge in [-0.25, -0.2) is 4.79 Å². The maximum atomic E-state index is 13.7. The Bertz CT molecular complexity index is 1650. The normalized spacial score (nSPS) is 18.0. The van der Waals surface area contributed by atoms with E-state index in [1.165, 1.54) is 21.1 Å². The van der Waals surface area contributed by atoms with Gasteiger partial charge in [0.05, 0.1) is 18.8 Å². The highest BCUT2D eigenvalue weighted by molar-refractivity contribution is 6.02. The average molecular weight is 679 g/mol. The van der Waals surface area contributed by atoms with Crippen LogP contribution in [0.5, 0.6) is 5.75 Å². The van der Waals surface area contributed by atoms with Crippen LogP contribution in [0.4, 0.5) is 13.2 Å². The number of alkyl halides is 3. The van der Waals surface area contributed by atoms with Gasteiger partial charge in [-0.15, -0.1) is 0 Å². The fraction of sp³-hybridized carbons (Fsp3) is 0.531. The third kappa shape index (κ3) is 8.52. The minimum atomic E-state index is -4.94. The lowest BCUT2D eigenvalue weighted by Gasteiger charge is -2.32. The number of amides is 2. The number of aromatic nitrogens is 3. The number of esters is 1. The summed E-state index contributed by atoms with van der Waals surface area (Å²) in [6, 6.07) is 4.47. The Kier molecular flexibility index (Phi) is 11.5. The van der Waals surface area contributed by atoms with Crippen LogP contribution >= 0.6 is 0 Å². The van der Waals surface area contributed by atoms with E-state index < -0.39 is 71.8 Å². The molecule has 1 unspecified atom stereocenters. The number of Topliss-reactive ketones (excluding diaryl/α,β-unsaturated/α-hetero) is 1. The van der Waals surface area contributed by atoms with Crippen molar-refractivity contribution >= 4 is 34.5 Å². The number of methoxy groups -OCH3 is 1. The lowest BCUT2D eigenvalue weighted by molar-refractivity contribution is -0.142. The molecule has 13 nitrogen and oxygen atoms in total. The Morgan fingerprint density at radius 1 is 1.17 bits per heavy atom. The van der Waals surface area contributed by atoms with Gasteiger partial charge < -0.3 is 30.2 Å². The molecular formula is C32H41F3N6O7. The number of fused-ring (bicyclic) bond motifs is 1. The Morgan fingerprint density at radius 3 is 2.54 bits per heavy atom. The Labute approximate surface area is 274 Å². The maximum Gasteiger partial charge on any atom is 0.436 e. The monoisotopic (exact) mass is 678 g/mol. The van der Waals surface area contributed by atoms with Crippen LogP contribution in [-0.4, -0.2) is 82.0 Å². The van der Waals surface area contributed by atoms with Crippen LogP contribution in [0.2, 0.25) is 0 Å². The first kappa shape index (κ1) is 36.4. The summed E-state index contributed by atoms with van der Waals surface area (Å²) in [5.41, 5.74) is -1.55. The molecule has 262 valence electrons. The highest BCUT2D eigenvalue weighted by Crippen LogP contribution is 2.33. The first-order chi connectivity index (χ1) is 22.6. The topological polar surface area (TPSA) is 177 Å². The summed E-state index contributed by atoms with van der Waals surface area (Å²) in [5, 5.41) is 22.8. The molecule has 0 saturated carbocycles. The minimum Gasteiger partial charge on any atom is -0.496 e. The summed E-state index contributed by atoms with van der Waals surface area (Å²) in [7, 11) is 2.74. The number of piperidine rings is 1. The standard InChI is InChI=1S/C32H41F3N6O7/c1-16(2)12-22(39-30(45)23-14-19-20(37-23)9-6-10-25(19)47-5)29(44)38-21(13-18-8-7-11-36-28(18)43)24(42)15-48-31(46)26-17(3)41(4)40-27(26)32(33,34)35/h6,9-10,14,16,18,21-22,28,36-37,43H,7-8,11-13,15H2,1-5H3,(H,38,44)(H,39,45)/t18-,21-,22-,28?/m0/s1. The molecular weight excluding hydrogens is 637 g/mol. The maximum absolute atomic E-state index is 13.7. The van der Waals surface area contributed by atoms with Gasteiger partial charge in [-0.3, -0.25) is 24.4 Å². The second-order valence-electron chi connectivity index (χ2n) is 12.3. The van der Waals surface area contributed by atoms with E-state index in [-0.39, 0.29) is 30.1 Å². The van der Waals surface area contributed by atoms with Gasteiger partial charge in [0.15, 0.2) is 18.1 Å². The molecule has 16 heteroatoms. The predicted octanol–water partition coefficient (Wildman–Crippen LogP) is 3.00. The van der Waals surface area contributed by atoms with Gasteiger partial charge in [-0.1, -0.05) is 19.9 Å². The number of H-pyrrole nitrogens is 1. The molecule has 0 spiro atoms. The SMILES string of the molecule is COc1cccc2[nH]c(C(=O)N[C@@H](CC(C)C)C(=O)N[C@@H](C[C@@H]3CCCNC3O)C(=O)COC(=O)c3c(C(F)(F)F)nn(C)c3C)cc12. The fourth-order valence-corrected chi connectivity index (χ4v) is 5.76. The predicted molar refractivity (Wildman–Crippen MR) is 167 cm³/mol. The number of nitrogens with zero attached hydrogens (tertiary/aromatic N) is 2. The Morgan fingerprint density at radius 2 is 1.90 bits per heavy atom. The lowest BCUT2D eigenvalue weighted by Crippen LogP contribution is -2.54. The van der Waals surface area contributed by atoms with Gasteiger partial charge in [0.1, 0.15) is 29.3 Å². The quantitative estimate of drug-likeness (QED) is 0.170. The first-order valence-electron chi connectivity index (χ1n) is 15.6. The molecule has 4 rings (SSSR count). The molecule has 5 N–H and O–H groups in total. The van der Waals surface area contributed by atoms with Crippen molar-refractivity contribution in [3.8, 4) is 5.75 Å². The number of hydrogen-bond acceptors (Lipinski definition) is 9. The highest BCUT2D eigenvalue weighted by atomic mass is 19.4. The minimum absolute atomic E-state index is 0.0554. The Balaban J connectivity index is 1.53. The third-order valence-corrected chi connectivity index (χ3v) is 8.37. The van der Waals surface area contributed by atoms with Crippen molar-refractivity contribution in [3.05, 3.63) is 46.9 Å². The molecule has 0 radical (unpaired) electrons. The molecule has 0 bridgehead atoms. The number of benzene rings is 1. The van der Waals surface area contributed by atoms with Crippen molar-refractivity contribution in [3.63, 3.8) is 0 Å². The van der Waals surface area contributed by atoms with Crippen LogP contribution in [0.25, 0.3) is 10.9 Å². The number of nitrogens with one attached hydrogen (secondary N) is 4. The zero-order valence-electron chi connectivity index (χ0n) is 27.4. The summed E-state index contributed by atoms with van der Waals surface area (Å²) in [4.78, 5) is 56.3. The van der Waals surface area contributed by atoms with Crippen LogP contribution in [0.15, 0.2) is 24.3 Å². The second kappa shape index (κ2) is 15.2. The fourth-order valence-electron chi connectivity index (χ4n) is 5.76. The largest absolute Gasteiger partial charge is 0.496 e. The van der Waals surface area contributed by atoms with E-state index in [0.29, 0.717) is 36.0 Å². The molecule has 1 saturated heterocycles. The van der Waals surface area contributed by atoms with Crippen molar-refractivity contribution in [2.75, 3.05) is 20.3 Å². The number of rotatable bonds is 13. The highest BCUT2D eigenvalue weighted by Gasteiger charge is 2.41. The summed E-state index contributed by atoms with van der Waals surface area (Å²) >= 11 is 0. The number of aryl methyl sites for hydroxylation is 1. The molecule has 3 aromatic rings. The van der Waals surface area contributed by atoms with Gasteiger partial charge in [-0.2, -0.15) is 18.3 Å². The molecule has 1 fully saturated rings. The molecule has 1 aliphatic rings. The van der Waals surface area contributed by atoms with E-state index >= 15 is 0 Å². The van der Waals surface area contributed by atoms with Crippen LogP contribution < -0.4 is 20.7 Å². The number of carbonyl (C=O) groups excluding carboxylic acids is 4. The number of ketones is 1. The van der Waals surface area contributed by atoms with Crippen molar-refractivity contribution < 1.29 is 46.9 Å². The van der Waals surface area contributed by atoms with Crippen LogP contribution in [0, 0.1) is 18.8 Å². The molecule has 1 aliphatic heterocycles. The molecule has 4 atom stereocenters. The number of hydrogen-bond donors (Lipinski definition) is 5. The average Bonchev–Trinajstić information content (AvgIpc) is 3.60. The molecule has 3 heterocycles. The zero-order valence-corrected chi connectivity index (χ0v) is 27.4. The number of carbonyl (C=O) groups is 4. The van der Waals surface area contributed by atoms with E-state index in [1.807, 2.05) is 13.8 Å². The van der Waals surface area contributed by atoms with E-state index in [4.69, 9.17) is 9.47 Å². The van der Waals surface area contributed by atoms with Gasteiger partial charge in [0.25, 0.3) is 5.91 Å². The molecule has 48 heavy (non-hydrogen) atoms. The first-order valence-corrected chi connectivity index (χ1v) is 15.6. The van der Waals surface area contributed by atoms with Crippen molar-refractivity contribution in [1.82, 2.24) is 30.7 Å². The van der Waals surface area contributed by atoms with Crippen molar-refractivity contribution in [1.29, 1.82) is 0 Å². The van der Waals surface area contributed by atoms with Crippen molar-refractivity contribution in [2.45, 2.75) is 70.9 Å². The van der Waals surface area contributed by atoms with E-state index in [2.05, 4.69) is 26.0 Å². The van der Waals surface area contributed by atoms with Gasteiger partial charge >= 0.3 is 12.1 Å². The van der Waals surface area contributed by atoms with Gasteiger partial charge in [0, 0.05) is 23.9 Å². The third-order valence-electron chi connectivity index (χ3n) is 8.37. The number of halogens is 3. The molecule has 1 aromatic carbocycles.